The van der Waals surface area contributed by atoms with Crippen LogP contribution in [-0.2, 0) is 11.2 Å². The van der Waals surface area contributed by atoms with Gasteiger partial charge in [0.05, 0.1) is 6.61 Å². The fourth-order valence-corrected chi connectivity index (χ4v) is 1.59. The van der Waals surface area contributed by atoms with Crippen LogP contribution in [0.5, 0.6) is 0 Å². The third-order valence-electron chi connectivity index (χ3n) is 2.55. The minimum absolute atomic E-state index is 0.0695. The Morgan fingerprint density at radius 3 is 2.70 bits per heavy atom. The van der Waals surface area contributed by atoms with Gasteiger partial charge >= 0.3 is 0 Å². The molecule has 0 amide bonds. The van der Waals surface area contributed by atoms with Crippen LogP contribution in [0.1, 0.15) is 23.4 Å². The maximum absolute atomic E-state index is 11.9. The van der Waals surface area contributed by atoms with Crippen LogP contribution in [-0.4, -0.2) is 34.9 Å². The standard InChI is InChI=1S/C13H14F2N2O3/c14-10(15)8-19-7-6-11-16-13(20-17-11)12(18)9-4-2-1-3-5-9/h1-5,10,12,18H,6-8H2. The number of nitrogens with zero attached hydrogens (tertiary/aromatic N) is 2. The van der Waals surface area contributed by atoms with E-state index in [0.29, 0.717) is 11.4 Å². The first-order valence-corrected chi connectivity index (χ1v) is 6.08. The highest BCUT2D eigenvalue weighted by Gasteiger charge is 2.17. The van der Waals surface area contributed by atoms with Crippen LogP contribution in [0.2, 0.25) is 0 Å². The highest BCUT2D eigenvalue weighted by atomic mass is 19.3. The van der Waals surface area contributed by atoms with Crippen molar-refractivity contribution in [3.8, 4) is 0 Å². The zero-order valence-corrected chi connectivity index (χ0v) is 10.6. The molecule has 1 unspecified atom stereocenters. The first-order valence-electron chi connectivity index (χ1n) is 6.08. The van der Waals surface area contributed by atoms with Gasteiger partial charge < -0.3 is 14.4 Å². The molecule has 7 heteroatoms. The van der Waals surface area contributed by atoms with Gasteiger partial charge in [0.2, 0.25) is 0 Å². The number of aliphatic hydroxyl groups is 1. The van der Waals surface area contributed by atoms with Crippen LogP contribution in [0.3, 0.4) is 0 Å². The molecule has 2 rings (SSSR count). The van der Waals surface area contributed by atoms with E-state index in [-0.39, 0.29) is 18.9 Å². The highest BCUT2D eigenvalue weighted by Crippen LogP contribution is 2.19. The molecule has 0 saturated carbocycles. The molecule has 0 aliphatic rings. The molecule has 0 saturated heterocycles. The molecule has 1 aromatic heterocycles. The minimum Gasteiger partial charge on any atom is -0.378 e. The predicted octanol–water partition coefficient (Wildman–Crippen LogP) is 1.98. The highest BCUT2D eigenvalue weighted by molar-refractivity contribution is 5.21. The lowest BCUT2D eigenvalue weighted by Crippen LogP contribution is -2.07. The Morgan fingerprint density at radius 2 is 2.00 bits per heavy atom. The molecule has 0 aliphatic carbocycles. The second kappa shape index (κ2) is 7.06. The summed E-state index contributed by atoms with van der Waals surface area (Å²) >= 11 is 0. The molecular formula is C13H14F2N2O3. The Bertz CT molecular complexity index is 519. The summed E-state index contributed by atoms with van der Waals surface area (Å²) in [6.45, 7) is -0.540. The summed E-state index contributed by atoms with van der Waals surface area (Å²) in [6.07, 6.45) is -3.24. The molecule has 1 aromatic carbocycles. The zero-order valence-electron chi connectivity index (χ0n) is 10.6. The summed E-state index contributed by atoms with van der Waals surface area (Å²) in [4.78, 5) is 4.01. The van der Waals surface area contributed by atoms with Gasteiger partial charge in [0, 0.05) is 6.42 Å². The normalized spacial score (nSPS) is 12.8. The minimum atomic E-state index is -2.49. The van der Waals surface area contributed by atoms with Gasteiger partial charge in [-0.1, -0.05) is 35.5 Å². The van der Waals surface area contributed by atoms with Gasteiger partial charge in [-0.3, -0.25) is 0 Å². The predicted molar refractivity (Wildman–Crippen MR) is 65.3 cm³/mol. The van der Waals surface area contributed by atoms with E-state index in [9.17, 15) is 13.9 Å². The first-order chi connectivity index (χ1) is 9.66. The number of alkyl halides is 2. The molecular weight excluding hydrogens is 270 g/mol. The summed E-state index contributed by atoms with van der Waals surface area (Å²) in [5, 5.41) is 13.7. The monoisotopic (exact) mass is 284 g/mol. The van der Waals surface area contributed by atoms with Gasteiger partial charge in [0.1, 0.15) is 6.61 Å². The molecule has 0 spiro atoms. The smallest absolute Gasteiger partial charge is 0.261 e. The van der Waals surface area contributed by atoms with Crippen molar-refractivity contribution in [2.45, 2.75) is 19.0 Å². The Hall–Kier alpha value is -1.86. The maximum atomic E-state index is 11.9. The number of ether oxygens (including phenoxy) is 1. The van der Waals surface area contributed by atoms with Crippen LogP contribution in [0.4, 0.5) is 8.78 Å². The second-order valence-electron chi connectivity index (χ2n) is 4.08. The summed E-state index contributed by atoms with van der Waals surface area (Å²) < 4.78 is 33.4. The van der Waals surface area contributed by atoms with Crippen molar-refractivity contribution in [1.29, 1.82) is 0 Å². The second-order valence-corrected chi connectivity index (χ2v) is 4.08. The number of benzene rings is 1. The lowest BCUT2D eigenvalue weighted by atomic mass is 10.1. The van der Waals surface area contributed by atoms with E-state index < -0.39 is 19.1 Å². The molecule has 1 heterocycles. The van der Waals surface area contributed by atoms with E-state index in [4.69, 9.17) is 9.26 Å². The molecule has 108 valence electrons. The molecule has 1 N–H and O–H groups in total. The summed E-state index contributed by atoms with van der Waals surface area (Å²) in [7, 11) is 0. The number of aromatic nitrogens is 2. The summed E-state index contributed by atoms with van der Waals surface area (Å²) in [6, 6.07) is 8.87. The van der Waals surface area contributed by atoms with E-state index in [2.05, 4.69) is 10.1 Å². The topological polar surface area (TPSA) is 68.4 Å². The van der Waals surface area contributed by atoms with Crippen molar-refractivity contribution in [2.24, 2.45) is 0 Å². The van der Waals surface area contributed by atoms with Crippen molar-refractivity contribution >= 4 is 0 Å². The Balaban J connectivity index is 1.89. The van der Waals surface area contributed by atoms with Crippen molar-refractivity contribution in [1.82, 2.24) is 10.1 Å². The first kappa shape index (κ1) is 14.5. The zero-order chi connectivity index (χ0) is 14.4. The Labute approximate surface area is 114 Å². The number of hydrogen-bond donors (Lipinski definition) is 1. The molecule has 2 aromatic rings. The SMILES string of the molecule is OC(c1ccccc1)c1nc(CCOCC(F)F)no1. The van der Waals surface area contributed by atoms with Gasteiger partial charge in [0.15, 0.2) is 11.9 Å². The Kier molecular flexibility index (Phi) is 5.14. The van der Waals surface area contributed by atoms with Gasteiger partial charge in [-0.25, -0.2) is 8.78 Å². The maximum Gasteiger partial charge on any atom is 0.261 e. The third-order valence-corrected chi connectivity index (χ3v) is 2.55. The average Bonchev–Trinajstić information content (AvgIpc) is 2.92. The van der Waals surface area contributed by atoms with Crippen molar-refractivity contribution in [3.05, 3.63) is 47.6 Å². The summed E-state index contributed by atoms with van der Waals surface area (Å²) in [5.41, 5.74) is 0.636. The van der Waals surface area contributed by atoms with Crippen LogP contribution in [0, 0.1) is 0 Å². The van der Waals surface area contributed by atoms with Gasteiger partial charge in [-0.05, 0) is 5.56 Å². The number of aliphatic hydroxyl groups excluding tert-OH is 1. The molecule has 0 fully saturated rings. The van der Waals surface area contributed by atoms with Crippen LogP contribution in [0.15, 0.2) is 34.9 Å². The number of rotatable bonds is 7. The van der Waals surface area contributed by atoms with Crippen LogP contribution >= 0.6 is 0 Å². The van der Waals surface area contributed by atoms with E-state index in [1.165, 1.54) is 0 Å². The van der Waals surface area contributed by atoms with E-state index in [1.54, 1.807) is 24.3 Å². The molecule has 0 radical (unpaired) electrons. The fourth-order valence-electron chi connectivity index (χ4n) is 1.59. The van der Waals surface area contributed by atoms with E-state index in [1.807, 2.05) is 6.07 Å². The number of hydrogen-bond acceptors (Lipinski definition) is 5. The van der Waals surface area contributed by atoms with Gasteiger partial charge in [0.25, 0.3) is 12.3 Å². The molecule has 5 nitrogen and oxygen atoms in total. The van der Waals surface area contributed by atoms with Crippen molar-refractivity contribution in [3.63, 3.8) is 0 Å². The van der Waals surface area contributed by atoms with Crippen LogP contribution in [0.25, 0.3) is 0 Å². The quantitative estimate of drug-likeness (QED) is 0.787. The fraction of sp³-hybridized carbons (Fsp3) is 0.385. The van der Waals surface area contributed by atoms with Crippen molar-refractivity contribution in [2.75, 3.05) is 13.2 Å². The summed E-state index contributed by atoms with van der Waals surface area (Å²) in [5.74, 6) is 0.379. The van der Waals surface area contributed by atoms with Gasteiger partial charge in [-0.2, -0.15) is 4.98 Å². The molecule has 0 aliphatic heterocycles. The van der Waals surface area contributed by atoms with E-state index in [0.717, 1.165) is 0 Å². The Morgan fingerprint density at radius 1 is 1.25 bits per heavy atom. The largest absolute Gasteiger partial charge is 0.378 e. The van der Waals surface area contributed by atoms with Crippen molar-refractivity contribution < 1.29 is 23.1 Å². The molecule has 20 heavy (non-hydrogen) atoms. The lowest BCUT2D eigenvalue weighted by molar-refractivity contribution is 0.0182. The van der Waals surface area contributed by atoms with Crippen LogP contribution < -0.4 is 0 Å². The van der Waals surface area contributed by atoms with E-state index >= 15 is 0 Å². The molecule has 1 atom stereocenters. The number of halogens is 2. The van der Waals surface area contributed by atoms with Gasteiger partial charge in [-0.15, -0.1) is 0 Å². The molecule has 0 bridgehead atoms. The third kappa shape index (κ3) is 4.07. The average molecular weight is 284 g/mol. The lowest BCUT2D eigenvalue weighted by Gasteiger charge is -2.04.